The van der Waals surface area contributed by atoms with Gasteiger partial charge in [0.1, 0.15) is 0 Å². The molecule has 0 bridgehead atoms. The van der Waals surface area contributed by atoms with Crippen molar-refractivity contribution in [2.45, 2.75) is 12.8 Å². The van der Waals surface area contributed by atoms with E-state index in [0.29, 0.717) is 10.6 Å². The average Bonchev–Trinajstić information content (AvgIpc) is 3.18. The van der Waals surface area contributed by atoms with Gasteiger partial charge in [0.15, 0.2) is 0 Å². The third-order valence-electron chi connectivity index (χ3n) is 4.59. The number of fused-ring (bicyclic) bond motifs is 1. The van der Waals surface area contributed by atoms with Crippen LogP contribution in [0.15, 0.2) is 53.1 Å². The average molecular weight is 431 g/mol. The van der Waals surface area contributed by atoms with Crippen LogP contribution >= 0.6 is 27.5 Å². The molecule has 0 unspecified atom stereocenters. The van der Waals surface area contributed by atoms with Crippen molar-refractivity contribution in [1.82, 2.24) is 9.88 Å². The lowest BCUT2D eigenvalue weighted by atomic mass is 10.1. The first kappa shape index (κ1) is 17.3. The highest BCUT2D eigenvalue weighted by atomic mass is 79.9. The van der Waals surface area contributed by atoms with E-state index in [1.165, 1.54) is 0 Å². The number of hydrogen-bond donors (Lipinski definition) is 1. The zero-order valence-electron chi connectivity index (χ0n) is 14.0. The van der Waals surface area contributed by atoms with Crippen molar-refractivity contribution in [2.75, 3.05) is 18.4 Å². The molecule has 132 valence electrons. The first-order valence-corrected chi connectivity index (χ1v) is 9.69. The third kappa shape index (κ3) is 3.29. The molecule has 4 nitrogen and oxygen atoms in total. The Balaban J connectivity index is 1.87. The van der Waals surface area contributed by atoms with Crippen LogP contribution in [0.25, 0.3) is 10.9 Å². The summed E-state index contributed by atoms with van der Waals surface area (Å²) in [6.07, 6.45) is 3.76. The fraction of sp³-hybridized carbons (Fsp3) is 0.200. The highest BCUT2D eigenvalue weighted by Crippen LogP contribution is 2.34. The first-order chi connectivity index (χ1) is 12.6. The van der Waals surface area contributed by atoms with Crippen molar-refractivity contribution < 1.29 is 4.79 Å². The quantitative estimate of drug-likeness (QED) is 0.585. The molecule has 0 radical (unpaired) electrons. The summed E-state index contributed by atoms with van der Waals surface area (Å²) in [4.78, 5) is 19.4. The molecule has 3 aromatic rings. The number of pyridine rings is 1. The number of para-hydroxylation sites is 1. The van der Waals surface area contributed by atoms with E-state index in [2.05, 4.69) is 26.2 Å². The number of halogens is 2. The van der Waals surface area contributed by atoms with Crippen LogP contribution in [0.1, 0.15) is 23.2 Å². The molecule has 0 atom stereocenters. The van der Waals surface area contributed by atoms with Crippen molar-refractivity contribution in [3.8, 4) is 0 Å². The lowest BCUT2D eigenvalue weighted by Gasteiger charge is -2.20. The van der Waals surface area contributed by atoms with E-state index < -0.39 is 0 Å². The molecule has 4 rings (SSSR count). The van der Waals surface area contributed by atoms with Crippen LogP contribution in [-0.2, 0) is 0 Å². The lowest BCUT2D eigenvalue weighted by Crippen LogP contribution is -2.28. The minimum Gasteiger partial charge on any atom is -0.353 e. The summed E-state index contributed by atoms with van der Waals surface area (Å²) in [5.74, 6) is 0.00595. The number of amides is 1. The second-order valence-electron chi connectivity index (χ2n) is 6.31. The van der Waals surface area contributed by atoms with Crippen LogP contribution < -0.4 is 5.32 Å². The summed E-state index contributed by atoms with van der Waals surface area (Å²) >= 11 is 9.78. The molecular formula is C20H17BrClN3O. The predicted octanol–water partition coefficient (Wildman–Crippen LogP) is 5.63. The summed E-state index contributed by atoms with van der Waals surface area (Å²) in [5.41, 5.74) is 2.98. The van der Waals surface area contributed by atoms with Crippen LogP contribution in [-0.4, -0.2) is 28.9 Å². The van der Waals surface area contributed by atoms with Gasteiger partial charge in [-0.05, 0) is 59.1 Å². The molecule has 1 aliphatic heterocycles. The van der Waals surface area contributed by atoms with E-state index in [4.69, 9.17) is 11.6 Å². The van der Waals surface area contributed by atoms with E-state index in [1.54, 1.807) is 12.3 Å². The summed E-state index contributed by atoms with van der Waals surface area (Å²) in [6, 6.07) is 13.3. The standard InChI is InChI=1S/C20H17BrClN3O/c21-16-5-1-2-6-18(16)24-19-14-11-13(22)7-8-17(14)23-12-15(19)20(26)25-9-3-4-10-25/h1-2,5-8,11-12H,3-4,9-10H2,(H,23,24). The van der Waals surface area contributed by atoms with Gasteiger partial charge in [-0.2, -0.15) is 0 Å². The Labute approximate surface area is 165 Å². The van der Waals surface area contributed by atoms with E-state index in [-0.39, 0.29) is 5.91 Å². The fourth-order valence-corrected chi connectivity index (χ4v) is 3.81. The molecule has 2 aromatic carbocycles. The summed E-state index contributed by atoms with van der Waals surface area (Å²) in [6.45, 7) is 1.59. The van der Waals surface area contributed by atoms with Crippen LogP contribution in [0, 0.1) is 0 Å². The molecule has 2 heterocycles. The zero-order chi connectivity index (χ0) is 18.1. The zero-order valence-corrected chi connectivity index (χ0v) is 16.3. The summed E-state index contributed by atoms with van der Waals surface area (Å²) in [5, 5.41) is 4.87. The topological polar surface area (TPSA) is 45.2 Å². The van der Waals surface area contributed by atoms with E-state index in [9.17, 15) is 4.79 Å². The molecule has 1 amide bonds. The normalized spacial score (nSPS) is 14.0. The molecule has 1 aromatic heterocycles. The molecular weight excluding hydrogens is 414 g/mol. The minimum absolute atomic E-state index is 0.00595. The van der Waals surface area contributed by atoms with Gasteiger partial charge < -0.3 is 10.2 Å². The number of nitrogens with one attached hydrogen (secondary N) is 1. The Hall–Kier alpha value is -2.11. The number of carbonyl (C=O) groups excluding carboxylic acids is 1. The molecule has 1 aliphatic rings. The maximum Gasteiger partial charge on any atom is 0.257 e. The van der Waals surface area contributed by atoms with E-state index in [0.717, 1.165) is 52.7 Å². The highest BCUT2D eigenvalue weighted by molar-refractivity contribution is 9.10. The summed E-state index contributed by atoms with van der Waals surface area (Å²) < 4.78 is 0.923. The van der Waals surface area contributed by atoms with Crippen molar-refractivity contribution in [3.05, 3.63) is 63.7 Å². The van der Waals surface area contributed by atoms with Crippen molar-refractivity contribution >= 4 is 55.7 Å². The van der Waals surface area contributed by atoms with Gasteiger partial charge in [-0.1, -0.05) is 23.7 Å². The Morgan fingerprint density at radius 3 is 2.69 bits per heavy atom. The highest BCUT2D eigenvalue weighted by Gasteiger charge is 2.24. The van der Waals surface area contributed by atoms with Gasteiger partial charge in [0.05, 0.1) is 22.5 Å². The molecule has 0 saturated carbocycles. The lowest BCUT2D eigenvalue weighted by molar-refractivity contribution is 0.0793. The van der Waals surface area contributed by atoms with Gasteiger partial charge in [0.2, 0.25) is 0 Å². The molecule has 6 heteroatoms. The predicted molar refractivity (Wildman–Crippen MR) is 109 cm³/mol. The molecule has 1 N–H and O–H groups in total. The van der Waals surface area contributed by atoms with Crippen molar-refractivity contribution in [3.63, 3.8) is 0 Å². The number of likely N-dealkylation sites (tertiary alicyclic amines) is 1. The molecule has 1 saturated heterocycles. The third-order valence-corrected chi connectivity index (χ3v) is 5.51. The monoisotopic (exact) mass is 429 g/mol. The Bertz CT molecular complexity index is 986. The maximum atomic E-state index is 13.1. The smallest absolute Gasteiger partial charge is 0.257 e. The van der Waals surface area contributed by atoms with Crippen LogP contribution in [0.3, 0.4) is 0 Å². The number of benzene rings is 2. The Kier molecular flexibility index (Phi) is 4.83. The van der Waals surface area contributed by atoms with Crippen molar-refractivity contribution in [2.24, 2.45) is 0 Å². The SMILES string of the molecule is O=C(c1cnc2ccc(Cl)cc2c1Nc1ccccc1Br)N1CCCC1. The van der Waals surface area contributed by atoms with Crippen LogP contribution in [0.2, 0.25) is 5.02 Å². The number of anilines is 2. The van der Waals surface area contributed by atoms with Gasteiger partial charge in [0.25, 0.3) is 5.91 Å². The van der Waals surface area contributed by atoms with E-state index >= 15 is 0 Å². The largest absolute Gasteiger partial charge is 0.353 e. The first-order valence-electron chi connectivity index (χ1n) is 8.52. The minimum atomic E-state index is 0.00595. The molecule has 0 aliphatic carbocycles. The molecule has 26 heavy (non-hydrogen) atoms. The summed E-state index contributed by atoms with van der Waals surface area (Å²) in [7, 11) is 0. The number of rotatable bonds is 3. The van der Waals surface area contributed by atoms with Gasteiger partial charge in [-0.15, -0.1) is 0 Å². The van der Waals surface area contributed by atoms with Crippen LogP contribution in [0.4, 0.5) is 11.4 Å². The second-order valence-corrected chi connectivity index (χ2v) is 7.60. The number of carbonyl (C=O) groups is 1. The maximum absolute atomic E-state index is 13.1. The van der Waals surface area contributed by atoms with E-state index in [1.807, 2.05) is 41.3 Å². The number of aromatic nitrogens is 1. The number of nitrogens with zero attached hydrogens (tertiary/aromatic N) is 2. The fourth-order valence-electron chi connectivity index (χ4n) is 3.25. The Morgan fingerprint density at radius 1 is 1.15 bits per heavy atom. The molecule has 0 spiro atoms. The van der Waals surface area contributed by atoms with Crippen molar-refractivity contribution in [1.29, 1.82) is 0 Å². The van der Waals surface area contributed by atoms with Gasteiger partial charge >= 0.3 is 0 Å². The second kappa shape index (κ2) is 7.25. The van der Waals surface area contributed by atoms with Gasteiger partial charge in [0, 0.05) is 34.2 Å². The number of hydrogen-bond acceptors (Lipinski definition) is 3. The Morgan fingerprint density at radius 2 is 1.92 bits per heavy atom. The molecule has 1 fully saturated rings. The van der Waals surface area contributed by atoms with Crippen LogP contribution in [0.5, 0.6) is 0 Å². The van der Waals surface area contributed by atoms with Gasteiger partial charge in [-0.3, -0.25) is 9.78 Å². The van der Waals surface area contributed by atoms with Gasteiger partial charge in [-0.25, -0.2) is 0 Å².